The van der Waals surface area contributed by atoms with Crippen LogP contribution in [0.15, 0.2) is 61.1 Å². The molecule has 4 aromatic rings. The molecule has 6 nitrogen and oxygen atoms in total. The van der Waals surface area contributed by atoms with Gasteiger partial charge in [0.1, 0.15) is 18.7 Å². The number of aromatic nitrogens is 4. The smallest absolute Gasteiger partial charge is 0.163 e. The van der Waals surface area contributed by atoms with Crippen LogP contribution in [0, 0.1) is 0 Å². The van der Waals surface area contributed by atoms with Gasteiger partial charge < -0.3 is 9.80 Å². The van der Waals surface area contributed by atoms with E-state index < -0.39 is 0 Å². The van der Waals surface area contributed by atoms with Gasteiger partial charge in [-0.15, -0.1) is 0 Å². The molecule has 1 fully saturated rings. The Labute approximate surface area is 191 Å². The van der Waals surface area contributed by atoms with Crippen molar-refractivity contribution >= 4 is 40.1 Å². The fraction of sp³-hybridized carbons (Fsp3) is 0.261. The molecule has 0 atom stereocenters. The second kappa shape index (κ2) is 8.83. The summed E-state index contributed by atoms with van der Waals surface area (Å²) in [4.78, 5) is 13.0. The van der Waals surface area contributed by atoms with Crippen LogP contribution in [0.25, 0.3) is 11.0 Å². The molecule has 0 aliphatic carbocycles. The number of rotatable bonds is 5. The number of quaternary nitrogens is 1. The molecule has 1 aliphatic heterocycles. The van der Waals surface area contributed by atoms with Crippen LogP contribution in [0.5, 0.6) is 0 Å². The Kier molecular flexibility index (Phi) is 5.76. The molecule has 0 saturated carbocycles. The largest absolute Gasteiger partial charge is 0.345 e. The maximum absolute atomic E-state index is 6.35. The Morgan fingerprint density at radius 2 is 1.77 bits per heavy atom. The number of fused-ring (bicyclic) bond motifs is 1. The van der Waals surface area contributed by atoms with E-state index in [1.165, 1.54) is 5.56 Å². The topological polar surface area (TPSA) is 51.3 Å². The van der Waals surface area contributed by atoms with Gasteiger partial charge >= 0.3 is 0 Å². The van der Waals surface area contributed by atoms with Crippen LogP contribution in [0.3, 0.4) is 0 Å². The van der Waals surface area contributed by atoms with Crippen molar-refractivity contribution in [2.24, 2.45) is 0 Å². The lowest BCUT2D eigenvalue weighted by atomic mass is 10.2. The third kappa shape index (κ3) is 4.37. The molecule has 1 aliphatic rings. The summed E-state index contributed by atoms with van der Waals surface area (Å²) in [5.74, 6) is 0.956. The van der Waals surface area contributed by atoms with E-state index in [9.17, 15) is 0 Å². The number of benzene rings is 2. The molecule has 31 heavy (non-hydrogen) atoms. The molecule has 3 heterocycles. The molecular formula is C23H23Cl2N6+. The second-order valence-corrected chi connectivity index (χ2v) is 8.72. The molecule has 0 radical (unpaired) electrons. The molecule has 1 N–H and O–H groups in total. The normalized spacial score (nSPS) is 15.0. The summed E-state index contributed by atoms with van der Waals surface area (Å²) in [7, 11) is 0. The highest BCUT2D eigenvalue weighted by Gasteiger charge is 2.23. The summed E-state index contributed by atoms with van der Waals surface area (Å²) in [5.41, 5.74) is 3.15. The van der Waals surface area contributed by atoms with Crippen molar-refractivity contribution in [3.05, 3.63) is 82.2 Å². The third-order valence-electron chi connectivity index (χ3n) is 5.81. The summed E-state index contributed by atoms with van der Waals surface area (Å²) >= 11 is 12.4. The van der Waals surface area contributed by atoms with Gasteiger partial charge in [0, 0.05) is 15.6 Å². The van der Waals surface area contributed by atoms with E-state index in [4.69, 9.17) is 23.2 Å². The van der Waals surface area contributed by atoms with Crippen LogP contribution in [-0.4, -0.2) is 45.9 Å². The summed E-state index contributed by atoms with van der Waals surface area (Å²) in [5, 5.41) is 6.79. The van der Waals surface area contributed by atoms with Gasteiger partial charge in [-0.2, -0.15) is 5.10 Å². The van der Waals surface area contributed by atoms with E-state index in [1.54, 1.807) is 17.3 Å². The standard InChI is InChI=1S/C23H22Cl2N6/c24-19-7-6-18(21(25)12-19)15-31-23-20(13-28-31)22(26-16-27-23)30-10-8-29(9-11-30)14-17-4-2-1-3-5-17/h1-7,12-13,16H,8-11,14-15H2/p+1. The highest BCUT2D eigenvalue weighted by atomic mass is 35.5. The van der Waals surface area contributed by atoms with Crippen LogP contribution in [0.4, 0.5) is 5.82 Å². The van der Waals surface area contributed by atoms with Crippen LogP contribution >= 0.6 is 23.2 Å². The molecule has 8 heteroatoms. The first-order chi connectivity index (χ1) is 15.2. The van der Waals surface area contributed by atoms with E-state index in [0.717, 1.165) is 55.1 Å². The molecule has 0 unspecified atom stereocenters. The predicted octanol–water partition coefficient (Wildman–Crippen LogP) is 3.09. The van der Waals surface area contributed by atoms with Crippen molar-refractivity contribution in [2.45, 2.75) is 13.1 Å². The van der Waals surface area contributed by atoms with E-state index in [-0.39, 0.29) is 0 Å². The number of anilines is 1. The van der Waals surface area contributed by atoms with Crippen LogP contribution in [0.2, 0.25) is 10.0 Å². The molecule has 2 aromatic heterocycles. The quantitative estimate of drug-likeness (QED) is 0.504. The number of nitrogens with one attached hydrogen (secondary N) is 1. The zero-order valence-corrected chi connectivity index (χ0v) is 18.5. The van der Waals surface area contributed by atoms with Gasteiger partial charge in [0.05, 0.1) is 44.3 Å². The first-order valence-electron chi connectivity index (χ1n) is 10.4. The second-order valence-electron chi connectivity index (χ2n) is 7.87. The zero-order chi connectivity index (χ0) is 21.2. The van der Waals surface area contributed by atoms with Gasteiger partial charge in [-0.3, -0.25) is 0 Å². The van der Waals surface area contributed by atoms with Gasteiger partial charge in [-0.25, -0.2) is 14.6 Å². The predicted molar refractivity (Wildman–Crippen MR) is 124 cm³/mol. The van der Waals surface area contributed by atoms with Crippen molar-refractivity contribution < 1.29 is 4.90 Å². The molecule has 0 spiro atoms. The lowest BCUT2D eigenvalue weighted by Crippen LogP contribution is -3.13. The number of halogens is 2. The highest BCUT2D eigenvalue weighted by molar-refractivity contribution is 6.35. The lowest BCUT2D eigenvalue weighted by Gasteiger charge is -2.33. The molecular weight excluding hydrogens is 431 g/mol. The van der Waals surface area contributed by atoms with Crippen LogP contribution < -0.4 is 9.80 Å². The summed E-state index contributed by atoms with van der Waals surface area (Å²) < 4.78 is 1.87. The Balaban J connectivity index is 1.32. The van der Waals surface area contributed by atoms with Crippen molar-refractivity contribution in [1.82, 2.24) is 19.7 Å². The van der Waals surface area contributed by atoms with Gasteiger partial charge in [0.2, 0.25) is 0 Å². The molecule has 5 rings (SSSR count). The monoisotopic (exact) mass is 453 g/mol. The average molecular weight is 454 g/mol. The van der Waals surface area contributed by atoms with E-state index in [2.05, 4.69) is 50.3 Å². The van der Waals surface area contributed by atoms with Crippen molar-refractivity contribution in [1.29, 1.82) is 0 Å². The maximum Gasteiger partial charge on any atom is 0.163 e. The first kappa shape index (κ1) is 20.2. The van der Waals surface area contributed by atoms with Crippen molar-refractivity contribution in [3.63, 3.8) is 0 Å². The average Bonchev–Trinajstić information content (AvgIpc) is 3.20. The van der Waals surface area contributed by atoms with E-state index in [1.807, 2.05) is 23.0 Å². The highest BCUT2D eigenvalue weighted by Crippen LogP contribution is 2.25. The molecule has 1 saturated heterocycles. The van der Waals surface area contributed by atoms with Gasteiger partial charge in [-0.05, 0) is 17.7 Å². The number of piperazine rings is 1. The minimum absolute atomic E-state index is 0.533. The number of hydrogen-bond donors (Lipinski definition) is 1. The van der Waals surface area contributed by atoms with E-state index >= 15 is 0 Å². The Bertz CT molecular complexity index is 1190. The fourth-order valence-electron chi connectivity index (χ4n) is 4.16. The summed E-state index contributed by atoms with van der Waals surface area (Å²) in [6.45, 7) is 5.67. The molecule has 158 valence electrons. The minimum atomic E-state index is 0.533. The SMILES string of the molecule is Clc1ccc(Cn2ncc3c(N4CC[NH+](Cc5ccccc5)CC4)ncnc32)c(Cl)c1. The van der Waals surface area contributed by atoms with Gasteiger partial charge in [0.15, 0.2) is 5.65 Å². The number of nitrogens with zero attached hydrogens (tertiary/aromatic N) is 5. The Hall–Kier alpha value is -2.67. The molecule has 2 aromatic carbocycles. The third-order valence-corrected chi connectivity index (χ3v) is 6.40. The maximum atomic E-state index is 6.35. The molecule has 0 bridgehead atoms. The van der Waals surface area contributed by atoms with Crippen molar-refractivity contribution in [2.75, 3.05) is 31.1 Å². The summed E-state index contributed by atoms with van der Waals surface area (Å²) in [6, 6.07) is 16.2. The minimum Gasteiger partial charge on any atom is -0.345 e. The van der Waals surface area contributed by atoms with Crippen LogP contribution in [0.1, 0.15) is 11.1 Å². The lowest BCUT2D eigenvalue weighted by molar-refractivity contribution is -0.914. The van der Waals surface area contributed by atoms with Crippen LogP contribution in [-0.2, 0) is 13.1 Å². The first-order valence-corrected chi connectivity index (χ1v) is 11.2. The Morgan fingerprint density at radius 3 is 2.55 bits per heavy atom. The summed E-state index contributed by atoms with van der Waals surface area (Å²) in [6.07, 6.45) is 3.49. The van der Waals surface area contributed by atoms with E-state index in [0.29, 0.717) is 16.6 Å². The van der Waals surface area contributed by atoms with Gasteiger partial charge in [0.25, 0.3) is 0 Å². The fourth-order valence-corrected chi connectivity index (χ4v) is 4.62. The number of hydrogen-bond acceptors (Lipinski definition) is 4. The Morgan fingerprint density at radius 1 is 0.968 bits per heavy atom. The van der Waals surface area contributed by atoms with Crippen molar-refractivity contribution in [3.8, 4) is 0 Å². The molecule has 0 amide bonds. The van der Waals surface area contributed by atoms with Gasteiger partial charge in [-0.1, -0.05) is 59.6 Å². The zero-order valence-electron chi connectivity index (χ0n) is 17.0.